The lowest BCUT2D eigenvalue weighted by molar-refractivity contribution is -0.147. The van der Waals surface area contributed by atoms with Gasteiger partial charge >= 0.3 is 48.5 Å². The minimum atomic E-state index is -0.786. The molecule has 0 saturated heterocycles. The molecule has 0 amide bonds. The molecule has 0 aromatic heterocycles. The highest BCUT2D eigenvalue weighted by atomic mass is 16.7. The van der Waals surface area contributed by atoms with E-state index in [2.05, 4.69) is 60.3 Å². The number of carbonyl (C=O) groups is 8. The fourth-order valence-corrected chi connectivity index (χ4v) is 11.9. The minimum absolute atomic E-state index is 0.0140. The van der Waals surface area contributed by atoms with Gasteiger partial charge in [-0.3, -0.25) is 19.2 Å². The number of nitrogens with zero attached hydrogens (tertiary/aromatic N) is 3. The molecule has 0 aromatic carbocycles. The Balaban J connectivity index is 5.75. The van der Waals surface area contributed by atoms with Gasteiger partial charge in [0, 0.05) is 26.2 Å². The third-order valence-electron chi connectivity index (χ3n) is 18.3. The van der Waals surface area contributed by atoms with Gasteiger partial charge in [-0.25, -0.2) is 19.2 Å². The van der Waals surface area contributed by atoms with Crippen molar-refractivity contribution < 1.29 is 95.2 Å². The normalized spacial score (nSPS) is 12.5. The van der Waals surface area contributed by atoms with Crippen molar-refractivity contribution in [3.8, 4) is 0 Å². The molecule has 0 radical (unpaired) electrons. The molecule has 0 aliphatic rings. The van der Waals surface area contributed by atoms with Crippen LogP contribution in [0.1, 0.15) is 299 Å². The molecular weight excluding hydrogens is 1310 g/mol. The van der Waals surface area contributed by atoms with E-state index < -0.39 is 48.5 Å². The summed E-state index contributed by atoms with van der Waals surface area (Å²) >= 11 is 0. The van der Waals surface area contributed by atoms with Crippen LogP contribution in [0, 0.1) is 23.7 Å². The van der Waals surface area contributed by atoms with Crippen LogP contribution in [0.15, 0.2) is 0 Å². The maximum absolute atomic E-state index is 13.0. The van der Waals surface area contributed by atoms with Gasteiger partial charge in [0.25, 0.3) is 0 Å². The summed E-state index contributed by atoms with van der Waals surface area (Å²) in [4.78, 5) is 108. The van der Waals surface area contributed by atoms with Crippen molar-refractivity contribution in [1.29, 1.82) is 0 Å². The third kappa shape index (κ3) is 63.3. The Bertz CT molecular complexity index is 1770. The number of ether oxygens (including phenoxy) is 12. The van der Waals surface area contributed by atoms with Crippen molar-refractivity contribution in [3.63, 3.8) is 0 Å². The molecular formula is C79H147N3O20. The fourth-order valence-electron chi connectivity index (χ4n) is 11.9. The van der Waals surface area contributed by atoms with Crippen molar-refractivity contribution in [2.24, 2.45) is 23.7 Å². The van der Waals surface area contributed by atoms with Crippen molar-refractivity contribution in [2.45, 2.75) is 299 Å². The van der Waals surface area contributed by atoms with E-state index in [9.17, 15) is 38.4 Å². The maximum Gasteiger partial charge on any atom is 0.508 e. The van der Waals surface area contributed by atoms with Gasteiger partial charge in [0.1, 0.15) is 52.9 Å². The molecule has 4 atom stereocenters. The average Bonchev–Trinajstić information content (AvgIpc) is 1.17. The summed E-state index contributed by atoms with van der Waals surface area (Å²) in [6.07, 6.45) is 33.1. The van der Waals surface area contributed by atoms with Crippen molar-refractivity contribution in [3.05, 3.63) is 0 Å². The van der Waals surface area contributed by atoms with Crippen LogP contribution >= 0.6 is 0 Å². The molecule has 23 heteroatoms. The van der Waals surface area contributed by atoms with E-state index in [1.165, 1.54) is 25.7 Å². The lowest BCUT2D eigenvalue weighted by Crippen LogP contribution is -2.34. The molecule has 23 nitrogen and oxygen atoms in total. The first kappa shape index (κ1) is 96.8. The average molecular weight is 1460 g/mol. The molecule has 0 fully saturated rings. The van der Waals surface area contributed by atoms with Gasteiger partial charge in [0.2, 0.25) is 0 Å². The summed E-state index contributed by atoms with van der Waals surface area (Å²) in [6.45, 7) is 20.8. The molecule has 0 aliphatic carbocycles. The Hall–Kier alpha value is -5.16. The van der Waals surface area contributed by atoms with E-state index in [0.717, 1.165) is 180 Å². The Morgan fingerprint density at radius 1 is 0.225 bits per heavy atom. The monoisotopic (exact) mass is 1460 g/mol. The van der Waals surface area contributed by atoms with Crippen molar-refractivity contribution in [2.75, 3.05) is 139 Å². The maximum atomic E-state index is 13.0. The molecule has 0 spiro atoms. The number of rotatable bonds is 72. The number of carbonyl (C=O) groups excluding carboxylic acids is 8. The molecule has 0 bridgehead atoms. The van der Waals surface area contributed by atoms with E-state index in [1.807, 2.05) is 16.8 Å². The van der Waals surface area contributed by atoms with Crippen LogP contribution in [0.25, 0.3) is 0 Å². The minimum Gasteiger partial charge on any atom is -0.462 e. The second-order valence-corrected chi connectivity index (χ2v) is 27.6. The summed E-state index contributed by atoms with van der Waals surface area (Å²) < 4.78 is 64.5. The molecule has 0 rings (SSSR count). The molecule has 0 N–H and O–H groups in total. The predicted octanol–water partition coefficient (Wildman–Crippen LogP) is 17.8. The van der Waals surface area contributed by atoms with Crippen LogP contribution in [0.4, 0.5) is 19.2 Å². The number of hydrogen-bond acceptors (Lipinski definition) is 23. The van der Waals surface area contributed by atoms with Crippen molar-refractivity contribution >= 4 is 48.5 Å². The van der Waals surface area contributed by atoms with Gasteiger partial charge in [0.15, 0.2) is 0 Å². The highest BCUT2D eigenvalue weighted by molar-refractivity contribution is 5.71. The topological polar surface area (TPSA) is 257 Å². The largest absolute Gasteiger partial charge is 0.508 e. The number of hydrogen-bond donors (Lipinski definition) is 0. The van der Waals surface area contributed by atoms with Crippen LogP contribution < -0.4 is 0 Å². The Morgan fingerprint density at radius 2 is 0.431 bits per heavy atom. The highest BCUT2D eigenvalue weighted by Crippen LogP contribution is 2.22. The van der Waals surface area contributed by atoms with Gasteiger partial charge in [-0.05, 0) is 121 Å². The third-order valence-corrected chi connectivity index (χ3v) is 18.3. The lowest BCUT2D eigenvalue weighted by atomic mass is 9.96. The predicted molar refractivity (Wildman–Crippen MR) is 398 cm³/mol. The molecule has 598 valence electrons. The van der Waals surface area contributed by atoms with Crippen LogP contribution in [0.2, 0.25) is 0 Å². The van der Waals surface area contributed by atoms with Crippen LogP contribution in [-0.2, 0) is 76.0 Å². The first-order valence-corrected chi connectivity index (χ1v) is 40.5. The summed E-state index contributed by atoms with van der Waals surface area (Å²) in [5, 5.41) is 0. The second kappa shape index (κ2) is 71.5. The zero-order valence-corrected chi connectivity index (χ0v) is 65.8. The van der Waals surface area contributed by atoms with E-state index >= 15 is 0 Å². The second-order valence-electron chi connectivity index (χ2n) is 27.6. The summed E-state index contributed by atoms with van der Waals surface area (Å²) in [7, 11) is 1.99. The molecule has 0 aliphatic heterocycles. The first-order chi connectivity index (χ1) is 49.5. The Kier molecular flexibility index (Phi) is 67.8. The van der Waals surface area contributed by atoms with Crippen LogP contribution in [0.3, 0.4) is 0 Å². The summed E-state index contributed by atoms with van der Waals surface area (Å²) in [5.74, 6) is -0.858. The molecule has 0 aromatic rings. The quantitative estimate of drug-likeness (QED) is 0.0311. The van der Waals surface area contributed by atoms with E-state index in [4.69, 9.17) is 56.8 Å². The zero-order valence-electron chi connectivity index (χ0n) is 65.8. The van der Waals surface area contributed by atoms with Crippen LogP contribution in [-0.4, -0.2) is 202 Å². The SMILES string of the molecule is CCCCCCC(CCCC)COC(=O)OCCOC(=O)CCN(CCCN(C)CCCN(CCC(=O)OCCOC(=O)OCC(CCCC)CCCCCC)CCC(=O)OCCOC(=O)OCC(CCCC)CCCCCC)CCC(=O)OCCOC(=O)OCC(CCCC)CCCCCC. The number of unbranched alkanes of at least 4 members (excludes halogenated alkanes) is 16. The molecule has 102 heavy (non-hydrogen) atoms. The summed E-state index contributed by atoms with van der Waals surface area (Å²) in [5.41, 5.74) is 0. The van der Waals surface area contributed by atoms with Gasteiger partial charge < -0.3 is 71.5 Å². The zero-order chi connectivity index (χ0) is 75.2. The first-order valence-electron chi connectivity index (χ1n) is 40.5. The smallest absolute Gasteiger partial charge is 0.462 e. The highest BCUT2D eigenvalue weighted by Gasteiger charge is 2.21. The standard InChI is InChI=1S/C79H147N3O20/c1-10-18-26-30-40-68(36-22-14-5)64-99-76(87)95-60-56-91-72(83)44-52-81(53-45-73(84)92-57-61-96-77(88)100-65-69(37-23-15-6)41-31-27-19-11-2)50-34-48-80(9)49-35-51-82(54-46-74(85)93-58-62-97-78(89)101-66-70(38-24-16-7)42-32-28-20-12-3)55-47-75(86)94-59-63-98-79(90)102-67-71(39-25-17-8)43-33-29-21-13-4/h68-71H,10-67H2,1-9H3. The van der Waals surface area contributed by atoms with Gasteiger partial charge in [-0.15, -0.1) is 0 Å². The Morgan fingerprint density at radius 3 is 0.647 bits per heavy atom. The molecule has 0 saturated carbocycles. The molecule has 0 heterocycles. The van der Waals surface area contributed by atoms with E-state index in [1.54, 1.807) is 0 Å². The van der Waals surface area contributed by atoms with Crippen LogP contribution in [0.5, 0.6) is 0 Å². The van der Waals surface area contributed by atoms with Gasteiger partial charge in [0.05, 0.1) is 52.1 Å². The van der Waals surface area contributed by atoms with Crippen molar-refractivity contribution in [1.82, 2.24) is 14.7 Å². The van der Waals surface area contributed by atoms with E-state index in [-0.39, 0.29) is 128 Å². The number of esters is 4. The summed E-state index contributed by atoms with van der Waals surface area (Å²) in [6, 6.07) is 0. The van der Waals surface area contributed by atoms with Gasteiger partial charge in [-0.1, -0.05) is 209 Å². The lowest BCUT2D eigenvalue weighted by Gasteiger charge is -2.25. The fraction of sp³-hybridized carbons (Fsp3) is 0.899. The molecule has 4 unspecified atom stereocenters. The van der Waals surface area contributed by atoms with E-state index in [0.29, 0.717) is 65.4 Å². The van der Waals surface area contributed by atoms with Gasteiger partial charge in [-0.2, -0.15) is 0 Å². The Labute approximate surface area is 617 Å².